The minimum atomic E-state index is -0.754. The fourth-order valence-electron chi connectivity index (χ4n) is 2.50. The molecule has 0 unspecified atom stereocenters. The topological polar surface area (TPSA) is 120 Å². The number of methoxy groups -OCH3 is 1. The molecule has 0 aliphatic heterocycles. The maximum absolute atomic E-state index is 12.0. The fraction of sp³-hybridized carbons (Fsp3) is 0.474. The Kier molecular flexibility index (Phi) is 7.48. The summed E-state index contributed by atoms with van der Waals surface area (Å²) in [5.74, 6) is 0.393. The van der Waals surface area contributed by atoms with Crippen LogP contribution in [-0.2, 0) is 20.7 Å². The summed E-state index contributed by atoms with van der Waals surface area (Å²) in [6.45, 7) is 4.59. The molecular formula is C19H26N4O4. The van der Waals surface area contributed by atoms with E-state index in [-0.39, 0.29) is 18.7 Å². The number of nitrogens with one attached hydrogen (secondary N) is 1. The highest BCUT2D eigenvalue weighted by molar-refractivity contribution is 5.86. The molecule has 1 aromatic carbocycles. The number of amides is 2. The van der Waals surface area contributed by atoms with E-state index in [1.165, 1.54) is 12.7 Å². The Morgan fingerprint density at radius 1 is 1.26 bits per heavy atom. The van der Waals surface area contributed by atoms with E-state index in [4.69, 9.17) is 15.0 Å². The lowest BCUT2D eigenvalue weighted by Gasteiger charge is -2.14. The largest absolute Gasteiger partial charge is 0.385 e. The third kappa shape index (κ3) is 6.18. The molecule has 1 aromatic heterocycles. The van der Waals surface area contributed by atoms with Crippen molar-refractivity contribution in [2.24, 2.45) is 5.73 Å². The average molecular weight is 374 g/mol. The van der Waals surface area contributed by atoms with E-state index in [0.717, 1.165) is 5.56 Å². The van der Waals surface area contributed by atoms with E-state index in [1.807, 2.05) is 24.3 Å². The van der Waals surface area contributed by atoms with Crippen LogP contribution in [0.2, 0.25) is 0 Å². The van der Waals surface area contributed by atoms with Crippen LogP contribution < -0.4 is 11.1 Å². The van der Waals surface area contributed by atoms with Crippen LogP contribution in [0.25, 0.3) is 11.4 Å². The summed E-state index contributed by atoms with van der Waals surface area (Å²) < 4.78 is 10.1. The summed E-state index contributed by atoms with van der Waals surface area (Å²) >= 11 is 0. The minimum absolute atomic E-state index is 0.116. The number of hydrogen-bond donors (Lipinski definition) is 2. The van der Waals surface area contributed by atoms with E-state index in [9.17, 15) is 9.59 Å². The molecule has 0 aliphatic carbocycles. The predicted octanol–water partition coefficient (Wildman–Crippen LogP) is 1.80. The van der Waals surface area contributed by atoms with Gasteiger partial charge in [-0.2, -0.15) is 4.98 Å². The smallest absolute Gasteiger partial charge is 0.240 e. The normalized spacial score (nSPS) is 12.1. The molecular weight excluding hydrogens is 348 g/mol. The molecule has 8 nitrogen and oxygen atoms in total. The zero-order valence-corrected chi connectivity index (χ0v) is 15.9. The van der Waals surface area contributed by atoms with Gasteiger partial charge in [0.1, 0.15) is 6.04 Å². The number of benzene rings is 1. The highest BCUT2D eigenvalue weighted by atomic mass is 16.5. The van der Waals surface area contributed by atoms with Crippen molar-refractivity contribution < 1.29 is 18.8 Å². The molecule has 0 spiro atoms. The quantitative estimate of drug-likeness (QED) is 0.654. The Morgan fingerprint density at radius 2 is 1.96 bits per heavy atom. The molecule has 0 saturated heterocycles. The number of aromatic nitrogens is 2. The van der Waals surface area contributed by atoms with Crippen molar-refractivity contribution in [1.82, 2.24) is 15.5 Å². The van der Waals surface area contributed by atoms with Crippen molar-refractivity contribution in [3.8, 4) is 11.4 Å². The Balaban J connectivity index is 1.89. The number of hydrogen-bond acceptors (Lipinski definition) is 6. The number of carbonyl (C=O) groups is 2. The highest BCUT2D eigenvalue weighted by Crippen LogP contribution is 2.20. The van der Waals surface area contributed by atoms with Crippen LogP contribution in [0.5, 0.6) is 0 Å². The van der Waals surface area contributed by atoms with Gasteiger partial charge in [0.25, 0.3) is 0 Å². The maximum Gasteiger partial charge on any atom is 0.240 e. The van der Waals surface area contributed by atoms with E-state index in [1.54, 1.807) is 0 Å². The number of ether oxygens (including phenoxy) is 1. The zero-order valence-electron chi connectivity index (χ0n) is 15.9. The first-order valence-electron chi connectivity index (χ1n) is 8.91. The van der Waals surface area contributed by atoms with Crippen LogP contribution in [0, 0.1) is 0 Å². The van der Waals surface area contributed by atoms with Crippen molar-refractivity contribution in [2.75, 3.05) is 13.7 Å². The summed E-state index contributed by atoms with van der Waals surface area (Å²) in [7, 11) is 1.52. The molecule has 0 saturated carbocycles. The van der Waals surface area contributed by atoms with E-state index >= 15 is 0 Å². The van der Waals surface area contributed by atoms with Gasteiger partial charge in [-0.1, -0.05) is 43.3 Å². The van der Waals surface area contributed by atoms with Crippen molar-refractivity contribution in [2.45, 2.75) is 45.1 Å². The minimum Gasteiger partial charge on any atom is -0.385 e. The van der Waals surface area contributed by atoms with Gasteiger partial charge in [0.15, 0.2) is 0 Å². The standard InChI is InChI=1S/C19H26N4O4/c1-12(2)13-4-6-14(7-5-13)19-22-17(27-23-19)9-8-16(24)21-15(18(20)25)10-11-26-3/h4-7,12,15H,8-11H2,1-3H3,(H2,20,25)(H,21,24)/t15-/m0/s1. The monoisotopic (exact) mass is 374 g/mol. The summed E-state index contributed by atoms with van der Waals surface area (Å²) in [6, 6.07) is 7.21. The van der Waals surface area contributed by atoms with Crippen molar-refractivity contribution in [1.29, 1.82) is 0 Å². The van der Waals surface area contributed by atoms with E-state index in [2.05, 4.69) is 29.3 Å². The van der Waals surface area contributed by atoms with Crippen LogP contribution in [0.4, 0.5) is 0 Å². The summed E-state index contributed by atoms with van der Waals surface area (Å²) in [5, 5.41) is 6.55. The summed E-state index contributed by atoms with van der Waals surface area (Å²) in [4.78, 5) is 27.7. The van der Waals surface area contributed by atoms with Crippen LogP contribution in [0.3, 0.4) is 0 Å². The van der Waals surface area contributed by atoms with Crippen LogP contribution in [0.15, 0.2) is 28.8 Å². The molecule has 2 aromatic rings. The van der Waals surface area contributed by atoms with Gasteiger partial charge in [0.2, 0.25) is 23.5 Å². The van der Waals surface area contributed by atoms with Gasteiger partial charge in [-0.15, -0.1) is 0 Å². The number of rotatable bonds is 10. The molecule has 146 valence electrons. The van der Waals surface area contributed by atoms with Gasteiger partial charge in [-0.3, -0.25) is 9.59 Å². The molecule has 8 heteroatoms. The Hall–Kier alpha value is -2.74. The van der Waals surface area contributed by atoms with E-state index in [0.29, 0.717) is 30.7 Å². The first-order chi connectivity index (χ1) is 12.9. The molecule has 0 bridgehead atoms. The van der Waals surface area contributed by atoms with Crippen LogP contribution in [0.1, 0.15) is 44.1 Å². The average Bonchev–Trinajstić information content (AvgIpc) is 3.12. The summed E-state index contributed by atoms with van der Waals surface area (Å²) in [6.07, 6.45) is 0.720. The lowest BCUT2D eigenvalue weighted by atomic mass is 10.0. The Labute approximate surface area is 158 Å². The molecule has 2 amide bonds. The Morgan fingerprint density at radius 3 is 2.56 bits per heavy atom. The first kappa shape index (κ1) is 20.6. The molecule has 1 heterocycles. The number of nitrogens with two attached hydrogens (primary N) is 1. The van der Waals surface area contributed by atoms with Gasteiger partial charge in [-0.25, -0.2) is 0 Å². The zero-order chi connectivity index (χ0) is 19.8. The third-order valence-corrected chi connectivity index (χ3v) is 4.16. The first-order valence-corrected chi connectivity index (χ1v) is 8.91. The predicted molar refractivity (Wildman–Crippen MR) is 99.8 cm³/mol. The molecule has 0 aliphatic rings. The van der Waals surface area contributed by atoms with Crippen molar-refractivity contribution in [3.05, 3.63) is 35.7 Å². The lowest BCUT2D eigenvalue weighted by Crippen LogP contribution is -2.45. The van der Waals surface area contributed by atoms with Gasteiger partial charge in [0.05, 0.1) is 0 Å². The fourth-order valence-corrected chi connectivity index (χ4v) is 2.50. The number of nitrogens with zero attached hydrogens (tertiary/aromatic N) is 2. The van der Waals surface area contributed by atoms with Crippen LogP contribution in [-0.4, -0.2) is 41.7 Å². The van der Waals surface area contributed by atoms with Crippen molar-refractivity contribution in [3.63, 3.8) is 0 Å². The Bertz CT molecular complexity index is 755. The van der Waals surface area contributed by atoms with Crippen molar-refractivity contribution >= 4 is 11.8 Å². The van der Waals surface area contributed by atoms with Gasteiger partial charge in [-0.05, 0) is 17.9 Å². The molecule has 0 fully saturated rings. The SMILES string of the molecule is COCC[C@H](NC(=O)CCc1nc(-c2ccc(C(C)C)cc2)no1)C(N)=O. The molecule has 2 rings (SSSR count). The second kappa shape index (κ2) is 9.82. The second-order valence-electron chi connectivity index (χ2n) is 6.59. The highest BCUT2D eigenvalue weighted by Gasteiger charge is 2.18. The number of primary amides is 1. The third-order valence-electron chi connectivity index (χ3n) is 4.16. The number of aryl methyl sites for hydroxylation is 1. The summed E-state index contributed by atoms with van der Waals surface area (Å²) in [5.41, 5.74) is 7.37. The number of carbonyl (C=O) groups excluding carboxylic acids is 2. The lowest BCUT2D eigenvalue weighted by molar-refractivity contribution is -0.127. The van der Waals surface area contributed by atoms with E-state index < -0.39 is 11.9 Å². The molecule has 27 heavy (non-hydrogen) atoms. The van der Waals surface area contributed by atoms with Gasteiger partial charge < -0.3 is 20.3 Å². The molecule has 3 N–H and O–H groups in total. The molecule has 1 atom stereocenters. The van der Waals surface area contributed by atoms with Gasteiger partial charge >= 0.3 is 0 Å². The van der Waals surface area contributed by atoms with Gasteiger partial charge in [0, 0.05) is 32.1 Å². The molecule has 0 radical (unpaired) electrons. The second-order valence-corrected chi connectivity index (χ2v) is 6.59. The maximum atomic E-state index is 12.0. The van der Waals surface area contributed by atoms with Crippen LogP contribution >= 0.6 is 0 Å².